The van der Waals surface area contributed by atoms with E-state index in [1.807, 2.05) is 19.2 Å². The van der Waals surface area contributed by atoms with E-state index in [1.54, 1.807) is 0 Å². The Balaban J connectivity index is 3.17. The van der Waals surface area contributed by atoms with E-state index in [4.69, 9.17) is 0 Å². The summed E-state index contributed by atoms with van der Waals surface area (Å²) in [5, 5.41) is 0. The van der Waals surface area contributed by atoms with Crippen molar-refractivity contribution in [1.29, 1.82) is 0 Å². The third kappa shape index (κ3) is 1.89. The average molecular weight is 298 g/mol. The number of hydrogen-bond acceptors (Lipinski definition) is 1. The Labute approximate surface area is 76.1 Å². The van der Waals surface area contributed by atoms with Gasteiger partial charge in [-0.25, -0.2) is 0 Å². The molecule has 0 fully saturated rings. The predicted octanol–water partition coefficient (Wildman–Crippen LogP) is 2.76. The van der Waals surface area contributed by atoms with E-state index in [2.05, 4.69) is 43.5 Å². The van der Waals surface area contributed by atoms with Crippen LogP contribution in [0.3, 0.4) is 0 Å². The lowest BCUT2D eigenvalue weighted by Crippen LogP contribution is -1.81. The molecule has 0 saturated carbocycles. The maximum Gasteiger partial charge on any atom is 0.0492 e. The normalized spacial score (nSPS) is 9.67. The predicted molar refractivity (Wildman–Crippen MR) is 49.4 cm³/mol. The Hall–Kier alpha value is 0.360. The first-order valence-corrected chi connectivity index (χ1v) is 4.35. The van der Waals surface area contributed by atoms with Crippen LogP contribution < -0.4 is 0 Å². The van der Waals surface area contributed by atoms with Gasteiger partial charge in [-0.05, 0) is 51.5 Å². The number of halogens is 2. The van der Waals surface area contributed by atoms with Gasteiger partial charge in [-0.3, -0.25) is 4.98 Å². The van der Waals surface area contributed by atoms with Crippen LogP contribution in [0.2, 0.25) is 0 Å². The van der Waals surface area contributed by atoms with Gasteiger partial charge < -0.3 is 0 Å². The molecule has 1 rings (SSSR count). The molecule has 0 saturated heterocycles. The van der Waals surface area contributed by atoms with Crippen LogP contribution >= 0.6 is 38.5 Å². The van der Waals surface area contributed by atoms with Crippen molar-refractivity contribution in [3.05, 3.63) is 26.0 Å². The van der Waals surface area contributed by atoms with Crippen LogP contribution in [0.25, 0.3) is 0 Å². The quantitative estimate of drug-likeness (QED) is 0.671. The number of aromatic nitrogens is 1. The molecule has 0 unspecified atom stereocenters. The Morgan fingerprint density at radius 1 is 1.67 bits per heavy atom. The summed E-state index contributed by atoms with van der Waals surface area (Å²) in [5.74, 6) is 0. The minimum Gasteiger partial charge on any atom is -0.260 e. The molecule has 9 heavy (non-hydrogen) atoms. The van der Waals surface area contributed by atoms with Crippen LogP contribution in [0.1, 0.15) is 5.69 Å². The molecule has 1 nitrogen and oxygen atoms in total. The van der Waals surface area contributed by atoms with Crippen molar-refractivity contribution in [2.45, 2.75) is 6.92 Å². The van der Waals surface area contributed by atoms with Crippen LogP contribution in [-0.2, 0) is 0 Å². The van der Waals surface area contributed by atoms with E-state index < -0.39 is 0 Å². The van der Waals surface area contributed by atoms with Crippen molar-refractivity contribution < 1.29 is 0 Å². The zero-order valence-corrected chi connectivity index (χ0v) is 8.60. The van der Waals surface area contributed by atoms with Crippen molar-refractivity contribution in [2.75, 3.05) is 0 Å². The SMILES string of the molecule is Cc1cc(I)c(Br)cn1. The highest BCUT2D eigenvalue weighted by Gasteiger charge is 1.93. The summed E-state index contributed by atoms with van der Waals surface area (Å²) >= 11 is 5.62. The maximum atomic E-state index is 4.09. The monoisotopic (exact) mass is 297 g/mol. The molecule has 0 radical (unpaired) electrons. The van der Waals surface area contributed by atoms with Gasteiger partial charge in [0, 0.05) is 19.9 Å². The van der Waals surface area contributed by atoms with Gasteiger partial charge in [0.1, 0.15) is 0 Å². The molecule has 0 aromatic carbocycles. The minimum atomic E-state index is 1.06. The second-order valence-electron chi connectivity index (χ2n) is 1.74. The van der Waals surface area contributed by atoms with E-state index >= 15 is 0 Å². The Morgan fingerprint density at radius 2 is 2.33 bits per heavy atom. The van der Waals surface area contributed by atoms with Crippen molar-refractivity contribution in [3.8, 4) is 0 Å². The first-order valence-electron chi connectivity index (χ1n) is 2.48. The summed E-state index contributed by atoms with van der Waals surface area (Å²) in [7, 11) is 0. The zero-order chi connectivity index (χ0) is 6.85. The van der Waals surface area contributed by atoms with Crippen LogP contribution in [0.15, 0.2) is 16.7 Å². The highest BCUT2D eigenvalue weighted by molar-refractivity contribution is 14.1. The molecule has 0 amide bonds. The van der Waals surface area contributed by atoms with Gasteiger partial charge >= 0.3 is 0 Å². The molecular formula is C6H5BrIN. The largest absolute Gasteiger partial charge is 0.260 e. The molecule has 0 spiro atoms. The Kier molecular flexibility index (Phi) is 2.46. The zero-order valence-electron chi connectivity index (χ0n) is 4.86. The highest BCUT2D eigenvalue weighted by atomic mass is 127. The molecule has 48 valence electrons. The second kappa shape index (κ2) is 2.96. The maximum absolute atomic E-state index is 4.09. The standard InChI is InChI=1S/C6H5BrIN/c1-4-2-6(8)5(7)3-9-4/h2-3H,1H3. The Morgan fingerprint density at radius 3 is 2.78 bits per heavy atom. The fourth-order valence-electron chi connectivity index (χ4n) is 0.510. The lowest BCUT2D eigenvalue weighted by Gasteiger charge is -1.94. The third-order valence-electron chi connectivity index (χ3n) is 0.945. The smallest absolute Gasteiger partial charge is 0.0492 e. The average Bonchev–Trinajstić information content (AvgIpc) is 1.80. The Bertz CT molecular complexity index is 224. The number of rotatable bonds is 0. The molecule has 1 heterocycles. The van der Waals surface area contributed by atoms with E-state index in [-0.39, 0.29) is 0 Å². The van der Waals surface area contributed by atoms with Crippen LogP contribution in [0, 0.1) is 10.5 Å². The van der Waals surface area contributed by atoms with E-state index in [1.165, 1.54) is 3.57 Å². The molecule has 0 aliphatic heterocycles. The number of hydrogen-bond donors (Lipinski definition) is 0. The van der Waals surface area contributed by atoms with Crippen LogP contribution in [0.5, 0.6) is 0 Å². The van der Waals surface area contributed by atoms with Gasteiger partial charge in [0.05, 0.1) is 0 Å². The van der Waals surface area contributed by atoms with Crippen LogP contribution in [0.4, 0.5) is 0 Å². The van der Waals surface area contributed by atoms with Crippen molar-refractivity contribution >= 4 is 38.5 Å². The van der Waals surface area contributed by atoms with E-state index in [0.29, 0.717) is 0 Å². The minimum absolute atomic E-state index is 1.06. The summed E-state index contributed by atoms with van der Waals surface area (Å²) in [6.45, 7) is 1.98. The van der Waals surface area contributed by atoms with Crippen molar-refractivity contribution in [2.24, 2.45) is 0 Å². The first kappa shape index (κ1) is 7.47. The van der Waals surface area contributed by atoms with Gasteiger partial charge in [-0.15, -0.1) is 0 Å². The lowest BCUT2D eigenvalue weighted by molar-refractivity contribution is 1.18. The van der Waals surface area contributed by atoms with Gasteiger partial charge in [0.15, 0.2) is 0 Å². The van der Waals surface area contributed by atoms with Gasteiger partial charge in [-0.2, -0.15) is 0 Å². The number of nitrogens with zero attached hydrogens (tertiary/aromatic N) is 1. The molecule has 1 aromatic rings. The molecule has 0 bridgehead atoms. The highest BCUT2D eigenvalue weighted by Crippen LogP contribution is 2.17. The van der Waals surface area contributed by atoms with Gasteiger partial charge in [0.25, 0.3) is 0 Å². The molecular weight excluding hydrogens is 293 g/mol. The molecule has 3 heteroatoms. The van der Waals surface area contributed by atoms with E-state index in [0.717, 1.165) is 10.2 Å². The molecule has 1 aromatic heterocycles. The van der Waals surface area contributed by atoms with Gasteiger partial charge in [-0.1, -0.05) is 0 Å². The summed E-state index contributed by atoms with van der Waals surface area (Å²) in [6.07, 6.45) is 1.82. The summed E-state index contributed by atoms with van der Waals surface area (Å²) in [6, 6.07) is 2.03. The molecule has 0 N–H and O–H groups in total. The molecule has 0 aliphatic rings. The van der Waals surface area contributed by atoms with Crippen molar-refractivity contribution in [1.82, 2.24) is 4.98 Å². The third-order valence-corrected chi connectivity index (χ3v) is 3.21. The second-order valence-corrected chi connectivity index (χ2v) is 3.76. The fourth-order valence-corrected chi connectivity index (χ4v) is 1.32. The van der Waals surface area contributed by atoms with Gasteiger partial charge in [0.2, 0.25) is 0 Å². The van der Waals surface area contributed by atoms with E-state index in [9.17, 15) is 0 Å². The molecule has 0 aliphatic carbocycles. The summed E-state index contributed by atoms with van der Waals surface area (Å²) < 4.78 is 2.27. The van der Waals surface area contributed by atoms with Crippen LogP contribution in [-0.4, -0.2) is 4.98 Å². The summed E-state index contributed by atoms with van der Waals surface area (Å²) in [4.78, 5) is 4.09. The number of aryl methyl sites for hydroxylation is 1. The fraction of sp³-hybridized carbons (Fsp3) is 0.167. The topological polar surface area (TPSA) is 12.9 Å². The molecule has 0 atom stereocenters. The van der Waals surface area contributed by atoms with Crippen molar-refractivity contribution in [3.63, 3.8) is 0 Å². The summed E-state index contributed by atoms with van der Waals surface area (Å²) in [5.41, 5.74) is 1.06. The lowest BCUT2D eigenvalue weighted by atomic mass is 10.4. The first-order chi connectivity index (χ1) is 4.20. The number of pyridine rings is 1.